The van der Waals surface area contributed by atoms with Crippen LogP contribution in [-0.2, 0) is 5.75 Å². The van der Waals surface area contributed by atoms with Crippen LogP contribution < -0.4 is 0 Å². The molecule has 1 heterocycles. The van der Waals surface area contributed by atoms with Gasteiger partial charge in [-0.1, -0.05) is 60.7 Å². The van der Waals surface area contributed by atoms with E-state index < -0.39 is 0 Å². The molecular formula is C17H12S. The first kappa shape index (κ1) is 10.2. The average molecular weight is 248 g/mol. The minimum absolute atomic E-state index is 1.10. The van der Waals surface area contributed by atoms with Crippen LogP contribution in [0, 0.1) is 0 Å². The third kappa shape index (κ3) is 1.41. The third-order valence-corrected chi connectivity index (χ3v) is 4.74. The Hall–Kier alpha value is -1.73. The van der Waals surface area contributed by atoms with Crippen LogP contribution in [0.5, 0.6) is 0 Å². The number of fused-ring (bicyclic) bond motifs is 2. The summed E-state index contributed by atoms with van der Waals surface area (Å²) >= 11 is 1.96. The molecular weight excluding hydrogens is 236 g/mol. The van der Waals surface area contributed by atoms with E-state index >= 15 is 0 Å². The van der Waals surface area contributed by atoms with Gasteiger partial charge in [0.05, 0.1) is 0 Å². The SMILES string of the molecule is C1=Cc2ccccc2C1=C1SCc2ccccc21. The lowest BCUT2D eigenvalue weighted by atomic mass is 10.0. The summed E-state index contributed by atoms with van der Waals surface area (Å²) in [6, 6.07) is 17.4. The van der Waals surface area contributed by atoms with Crippen molar-refractivity contribution in [3.05, 3.63) is 76.9 Å². The summed E-state index contributed by atoms with van der Waals surface area (Å²) in [5.74, 6) is 1.10. The zero-order valence-electron chi connectivity index (χ0n) is 9.89. The predicted molar refractivity (Wildman–Crippen MR) is 80.0 cm³/mol. The Morgan fingerprint density at radius 3 is 2.50 bits per heavy atom. The molecule has 0 fully saturated rings. The van der Waals surface area contributed by atoms with E-state index in [0.717, 1.165) is 5.75 Å². The van der Waals surface area contributed by atoms with Crippen molar-refractivity contribution in [3.63, 3.8) is 0 Å². The smallest absolute Gasteiger partial charge is 0.0238 e. The first-order valence-corrected chi connectivity index (χ1v) is 7.15. The monoisotopic (exact) mass is 248 g/mol. The van der Waals surface area contributed by atoms with Crippen LogP contribution in [0.2, 0.25) is 0 Å². The summed E-state index contributed by atoms with van der Waals surface area (Å²) in [4.78, 5) is 1.44. The van der Waals surface area contributed by atoms with E-state index in [0.29, 0.717) is 0 Å². The predicted octanol–water partition coefficient (Wildman–Crippen LogP) is 4.83. The molecule has 1 aliphatic carbocycles. The normalized spacial score (nSPS) is 20.0. The molecule has 0 nitrogen and oxygen atoms in total. The molecule has 0 radical (unpaired) electrons. The summed E-state index contributed by atoms with van der Waals surface area (Å²) in [5.41, 5.74) is 6.98. The molecule has 1 aliphatic heterocycles. The van der Waals surface area contributed by atoms with E-state index in [2.05, 4.69) is 60.7 Å². The maximum atomic E-state index is 2.26. The van der Waals surface area contributed by atoms with Crippen LogP contribution in [-0.4, -0.2) is 0 Å². The number of rotatable bonds is 0. The Labute approximate surface area is 111 Å². The van der Waals surface area contributed by atoms with E-state index in [9.17, 15) is 0 Å². The van der Waals surface area contributed by atoms with Crippen LogP contribution in [0.3, 0.4) is 0 Å². The number of thioether (sulfide) groups is 1. The van der Waals surface area contributed by atoms with Gasteiger partial charge in [-0.25, -0.2) is 0 Å². The number of hydrogen-bond acceptors (Lipinski definition) is 1. The number of hydrogen-bond donors (Lipinski definition) is 0. The van der Waals surface area contributed by atoms with Crippen molar-refractivity contribution in [1.82, 2.24) is 0 Å². The highest BCUT2D eigenvalue weighted by atomic mass is 32.2. The lowest BCUT2D eigenvalue weighted by Gasteiger charge is -2.06. The minimum Gasteiger partial charge on any atom is -0.120 e. The van der Waals surface area contributed by atoms with E-state index in [1.807, 2.05) is 11.8 Å². The molecule has 86 valence electrons. The molecule has 0 amide bonds. The first-order chi connectivity index (χ1) is 8.93. The average Bonchev–Trinajstić information content (AvgIpc) is 3.01. The van der Waals surface area contributed by atoms with Crippen molar-refractivity contribution in [2.75, 3.05) is 0 Å². The van der Waals surface area contributed by atoms with Gasteiger partial charge in [0.25, 0.3) is 0 Å². The summed E-state index contributed by atoms with van der Waals surface area (Å²) < 4.78 is 0. The van der Waals surface area contributed by atoms with E-state index in [1.165, 1.54) is 32.7 Å². The zero-order valence-corrected chi connectivity index (χ0v) is 10.7. The third-order valence-electron chi connectivity index (χ3n) is 3.56. The van der Waals surface area contributed by atoms with Gasteiger partial charge in [0.2, 0.25) is 0 Å². The van der Waals surface area contributed by atoms with Crippen LogP contribution in [0.4, 0.5) is 0 Å². The fraction of sp³-hybridized carbons (Fsp3) is 0.0588. The Morgan fingerprint density at radius 1 is 0.778 bits per heavy atom. The van der Waals surface area contributed by atoms with Gasteiger partial charge < -0.3 is 0 Å². The van der Waals surface area contributed by atoms with Crippen molar-refractivity contribution in [3.8, 4) is 0 Å². The highest BCUT2D eigenvalue weighted by molar-refractivity contribution is 8.08. The van der Waals surface area contributed by atoms with Gasteiger partial charge in [0.1, 0.15) is 0 Å². The minimum atomic E-state index is 1.10. The fourth-order valence-electron chi connectivity index (χ4n) is 2.67. The number of allylic oxidation sites excluding steroid dienone is 2. The molecule has 0 atom stereocenters. The van der Waals surface area contributed by atoms with Gasteiger partial charge in [0.15, 0.2) is 0 Å². The molecule has 1 heteroatoms. The van der Waals surface area contributed by atoms with Gasteiger partial charge in [-0.2, -0.15) is 0 Å². The van der Waals surface area contributed by atoms with Crippen LogP contribution >= 0.6 is 11.8 Å². The maximum absolute atomic E-state index is 2.26. The quantitative estimate of drug-likeness (QED) is 0.643. The Balaban J connectivity index is 1.96. The molecule has 0 spiro atoms. The van der Waals surface area contributed by atoms with Gasteiger partial charge in [-0.05, 0) is 27.8 Å². The van der Waals surface area contributed by atoms with Crippen molar-refractivity contribution < 1.29 is 0 Å². The second kappa shape index (κ2) is 3.89. The van der Waals surface area contributed by atoms with Crippen molar-refractivity contribution in [2.45, 2.75) is 5.75 Å². The maximum Gasteiger partial charge on any atom is 0.0238 e. The van der Waals surface area contributed by atoms with Gasteiger partial charge >= 0.3 is 0 Å². The van der Waals surface area contributed by atoms with Crippen LogP contribution in [0.25, 0.3) is 16.6 Å². The first-order valence-electron chi connectivity index (χ1n) is 6.16. The molecule has 0 saturated carbocycles. The molecule has 2 aromatic carbocycles. The van der Waals surface area contributed by atoms with E-state index in [-0.39, 0.29) is 0 Å². The lowest BCUT2D eigenvalue weighted by molar-refractivity contribution is 1.42. The molecule has 0 aromatic heterocycles. The Morgan fingerprint density at radius 2 is 1.56 bits per heavy atom. The molecule has 4 rings (SSSR count). The fourth-order valence-corrected chi connectivity index (χ4v) is 3.91. The Bertz CT molecular complexity index is 692. The molecule has 0 saturated heterocycles. The van der Waals surface area contributed by atoms with Gasteiger partial charge in [-0.3, -0.25) is 0 Å². The molecule has 0 unspecified atom stereocenters. The second-order valence-electron chi connectivity index (χ2n) is 4.61. The molecule has 0 bridgehead atoms. The summed E-state index contributed by atoms with van der Waals surface area (Å²) in [7, 11) is 0. The van der Waals surface area contributed by atoms with Crippen LogP contribution in [0.1, 0.15) is 22.3 Å². The molecule has 2 aliphatic rings. The summed E-state index contributed by atoms with van der Waals surface area (Å²) in [6.07, 6.45) is 4.48. The molecule has 2 aromatic rings. The zero-order chi connectivity index (χ0) is 11.9. The summed E-state index contributed by atoms with van der Waals surface area (Å²) in [6.45, 7) is 0. The highest BCUT2D eigenvalue weighted by Crippen LogP contribution is 2.47. The Kier molecular flexibility index (Phi) is 2.21. The van der Waals surface area contributed by atoms with Crippen LogP contribution in [0.15, 0.2) is 54.6 Å². The standard InChI is InChI=1S/C17H12S/c1-3-7-14-12(5-1)9-10-16(14)17-15-8-4-2-6-13(15)11-18-17/h1-10H,11H2. The molecule has 0 N–H and O–H groups in total. The van der Waals surface area contributed by atoms with Gasteiger partial charge in [0, 0.05) is 10.7 Å². The highest BCUT2D eigenvalue weighted by Gasteiger charge is 2.22. The largest absolute Gasteiger partial charge is 0.120 e. The lowest BCUT2D eigenvalue weighted by Crippen LogP contribution is -1.84. The number of benzene rings is 2. The van der Waals surface area contributed by atoms with E-state index in [4.69, 9.17) is 0 Å². The molecule has 18 heavy (non-hydrogen) atoms. The summed E-state index contributed by atoms with van der Waals surface area (Å²) in [5, 5.41) is 0. The van der Waals surface area contributed by atoms with Crippen molar-refractivity contribution >= 4 is 28.3 Å². The van der Waals surface area contributed by atoms with Crippen molar-refractivity contribution in [1.29, 1.82) is 0 Å². The van der Waals surface area contributed by atoms with Gasteiger partial charge in [-0.15, -0.1) is 11.8 Å². The second-order valence-corrected chi connectivity index (χ2v) is 5.59. The topological polar surface area (TPSA) is 0 Å². The van der Waals surface area contributed by atoms with E-state index in [1.54, 1.807) is 0 Å². The van der Waals surface area contributed by atoms with Crippen molar-refractivity contribution in [2.24, 2.45) is 0 Å².